The Kier molecular flexibility index (Phi) is 3.85. The van der Waals surface area contributed by atoms with E-state index >= 15 is 0 Å². The van der Waals surface area contributed by atoms with E-state index in [1.807, 2.05) is 25.7 Å². The normalized spacial score (nSPS) is 32.2. The van der Waals surface area contributed by atoms with Crippen LogP contribution in [0, 0.1) is 11.8 Å². The Hall–Kier alpha value is -0.770. The minimum absolute atomic E-state index is 0.181. The van der Waals surface area contributed by atoms with Crippen molar-refractivity contribution >= 4 is 6.09 Å². The molecule has 4 nitrogen and oxygen atoms in total. The zero-order chi connectivity index (χ0) is 13.3. The first-order valence-electron chi connectivity index (χ1n) is 7.03. The SMILES string of the molecule is CC(C)(C)OC(=O)N1CC(CO)C2CCCCC21. The van der Waals surface area contributed by atoms with E-state index in [2.05, 4.69) is 0 Å². The van der Waals surface area contributed by atoms with Gasteiger partial charge in [0, 0.05) is 25.1 Å². The fourth-order valence-electron chi connectivity index (χ4n) is 3.32. The third-order valence-corrected chi connectivity index (χ3v) is 4.08. The Bertz CT molecular complexity index is 311. The van der Waals surface area contributed by atoms with Gasteiger partial charge in [-0.2, -0.15) is 0 Å². The average Bonchev–Trinajstić information content (AvgIpc) is 2.65. The number of aliphatic hydroxyl groups is 1. The van der Waals surface area contributed by atoms with Crippen LogP contribution < -0.4 is 0 Å². The number of nitrogens with zero attached hydrogens (tertiary/aromatic N) is 1. The molecule has 0 radical (unpaired) electrons. The summed E-state index contributed by atoms with van der Waals surface area (Å²) in [7, 11) is 0. The van der Waals surface area contributed by atoms with E-state index in [1.54, 1.807) is 0 Å². The van der Waals surface area contributed by atoms with Crippen molar-refractivity contribution in [3.63, 3.8) is 0 Å². The molecule has 1 N–H and O–H groups in total. The Morgan fingerprint density at radius 3 is 2.61 bits per heavy atom. The van der Waals surface area contributed by atoms with Crippen molar-refractivity contribution in [2.24, 2.45) is 11.8 Å². The molecule has 2 fully saturated rings. The lowest BCUT2D eigenvalue weighted by molar-refractivity contribution is 0.0182. The maximum absolute atomic E-state index is 12.2. The van der Waals surface area contributed by atoms with Crippen LogP contribution in [0.3, 0.4) is 0 Å². The average molecular weight is 255 g/mol. The van der Waals surface area contributed by atoms with Gasteiger partial charge in [0.2, 0.25) is 0 Å². The number of hydrogen-bond acceptors (Lipinski definition) is 3. The molecule has 104 valence electrons. The first-order chi connectivity index (χ1) is 8.42. The largest absolute Gasteiger partial charge is 0.444 e. The Morgan fingerprint density at radius 2 is 2.00 bits per heavy atom. The molecule has 1 amide bonds. The summed E-state index contributed by atoms with van der Waals surface area (Å²) >= 11 is 0. The Balaban J connectivity index is 2.06. The standard InChI is InChI=1S/C14H25NO3/c1-14(2,3)18-13(17)15-8-10(9-16)11-6-4-5-7-12(11)15/h10-12,16H,4-9H2,1-3H3. The molecule has 3 unspecified atom stereocenters. The molecule has 4 heteroatoms. The van der Waals surface area contributed by atoms with Crippen LogP contribution in [-0.2, 0) is 4.74 Å². The lowest BCUT2D eigenvalue weighted by atomic mass is 9.80. The second-order valence-electron chi connectivity index (χ2n) is 6.59. The van der Waals surface area contributed by atoms with Crippen molar-refractivity contribution in [3.05, 3.63) is 0 Å². The van der Waals surface area contributed by atoms with Crippen LogP contribution >= 0.6 is 0 Å². The van der Waals surface area contributed by atoms with E-state index < -0.39 is 5.60 Å². The predicted molar refractivity (Wildman–Crippen MR) is 69.3 cm³/mol. The van der Waals surface area contributed by atoms with Crippen LogP contribution in [0.4, 0.5) is 4.79 Å². The summed E-state index contributed by atoms with van der Waals surface area (Å²) in [6.07, 6.45) is 4.38. The lowest BCUT2D eigenvalue weighted by Gasteiger charge is -2.33. The predicted octanol–water partition coefficient (Wildman–Crippen LogP) is 2.40. The lowest BCUT2D eigenvalue weighted by Crippen LogP contribution is -2.42. The van der Waals surface area contributed by atoms with Crippen LogP contribution in [-0.4, -0.2) is 40.9 Å². The summed E-state index contributed by atoms with van der Waals surface area (Å²) in [6.45, 7) is 6.51. The van der Waals surface area contributed by atoms with E-state index in [4.69, 9.17) is 4.74 Å². The summed E-state index contributed by atoms with van der Waals surface area (Å²) < 4.78 is 5.47. The van der Waals surface area contributed by atoms with Gasteiger partial charge in [-0.1, -0.05) is 12.8 Å². The van der Waals surface area contributed by atoms with Gasteiger partial charge in [-0.25, -0.2) is 4.79 Å². The first kappa shape index (κ1) is 13.7. The van der Waals surface area contributed by atoms with Crippen LogP contribution in [0.1, 0.15) is 46.5 Å². The summed E-state index contributed by atoms with van der Waals surface area (Å²) in [4.78, 5) is 14.1. The van der Waals surface area contributed by atoms with Gasteiger partial charge in [-0.05, 0) is 39.5 Å². The van der Waals surface area contributed by atoms with Crippen molar-refractivity contribution in [2.45, 2.75) is 58.1 Å². The molecule has 1 saturated heterocycles. The fourth-order valence-corrected chi connectivity index (χ4v) is 3.32. The van der Waals surface area contributed by atoms with E-state index in [9.17, 15) is 9.90 Å². The summed E-state index contributed by atoms with van der Waals surface area (Å²) in [5, 5.41) is 9.46. The van der Waals surface area contributed by atoms with Crippen LogP contribution in [0.2, 0.25) is 0 Å². The van der Waals surface area contributed by atoms with Crippen molar-refractivity contribution in [1.82, 2.24) is 4.90 Å². The van der Waals surface area contributed by atoms with Gasteiger partial charge < -0.3 is 14.7 Å². The highest BCUT2D eigenvalue weighted by molar-refractivity contribution is 5.69. The van der Waals surface area contributed by atoms with Gasteiger partial charge in [-0.15, -0.1) is 0 Å². The minimum atomic E-state index is -0.446. The first-order valence-corrected chi connectivity index (χ1v) is 7.03. The summed E-state index contributed by atoms with van der Waals surface area (Å²) in [5.74, 6) is 0.707. The zero-order valence-corrected chi connectivity index (χ0v) is 11.7. The highest BCUT2D eigenvalue weighted by atomic mass is 16.6. The van der Waals surface area contributed by atoms with Crippen LogP contribution in [0.5, 0.6) is 0 Å². The number of fused-ring (bicyclic) bond motifs is 1. The van der Waals surface area contributed by atoms with Gasteiger partial charge in [0.1, 0.15) is 5.60 Å². The molecule has 0 aromatic heterocycles. The molecule has 0 bridgehead atoms. The van der Waals surface area contributed by atoms with Gasteiger partial charge in [-0.3, -0.25) is 0 Å². The minimum Gasteiger partial charge on any atom is -0.444 e. The van der Waals surface area contributed by atoms with Crippen molar-refractivity contribution in [2.75, 3.05) is 13.2 Å². The molecule has 18 heavy (non-hydrogen) atoms. The smallest absolute Gasteiger partial charge is 0.410 e. The molecule has 0 aromatic rings. The molecule has 1 aliphatic heterocycles. The van der Waals surface area contributed by atoms with Gasteiger partial charge in [0.25, 0.3) is 0 Å². The quantitative estimate of drug-likeness (QED) is 0.782. The number of ether oxygens (including phenoxy) is 1. The Labute approximate surface area is 109 Å². The number of aliphatic hydroxyl groups excluding tert-OH is 1. The van der Waals surface area contributed by atoms with Crippen LogP contribution in [0.15, 0.2) is 0 Å². The molecule has 1 saturated carbocycles. The van der Waals surface area contributed by atoms with Gasteiger partial charge in [0.15, 0.2) is 0 Å². The van der Waals surface area contributed by atoms with E-state index in [-0.39, 0.29) is 24.7 Å². The monoisotopic (exact) mass is 255 g/mol. The fraction of sp³-hybridized carbons (Fsp3) is 0.929. The maximum Gasteiger partial charge on any atom is 0.410 e. The molecule has 1 heterocycles. The highest BCUT2D eigenvalue weighted by Crippen LogP contribution is 2.40. The number of carbonyl (C=O) groups excluding carboxylic acids is 1. The molecule has 1 aliphatic carbocycles. The van der Waals surface area contributed by atoms with E-state index in [0.29, 0.717) is 12.5 Å². The zero-order valence-electron chi connectivity index (χ0n) is 11.7. The van der Waals surface area contributed by atoms with E-state index in [0.717, 1.165) is 12.8 Å². The topological polar surface area (TPSA) is 49.8 Å². The Morgan fingerprint density at radius 1 is 1.33 bits per heavy atom. The molecule has 0 spiro atoms. The third kappa shape index (κ3) is 2.79. The highest BCUT2D eigenvalue weighted by Gasteiger charge is 2.45. The maximum atomic E-state index is 12.2. The molecule has 0 aromatic carbocycles. The van der Waals surface area contributed by atoms with Crippen molar-refractivity contribution in [1.29, 1.82) is 0 Å². The number of rotatable bonds is 1. The van der Waals surface area contributed by atoms with Gasteiger partial charge >= 0.3 is 6.09 Å². The van der Waals surface area contributed by atoms with Crippen molar-refractivity contribution in [3.8, 4) is 0 Å². The summed E-state index contributed by atoms with van der Waals surface area (Å²) in [5.41, 5.74) is -0.446. The number of carbonyl (C=O) groups is 1. The second kappa shape index (κ2) is 5.08. The third-order valence-electron chi connectivity index (χ3n) is 4.08. The summed E-state index contributed by atoms with van der Waals surface area (Å²) in [6, 6.07) is 0.283. The number of hydrogen-bond donors (Lipinski definition) is 1. The number of likely N-dealkylation sites (tertiary alicyclic amines) is 1. The van der Waals surface area contributed by atoms with Crippen LogP contribution in [0.25, 0.3) is 0 Å². The molecular weight excluding hydrogens is 230 g/mol. The van der Waals surface area contributed by atoms with Crippen molar-refractivity contribution < 1.29 is 14.6 Å². The molecule has 2 rings (SSSR count). The second-order valence-corrected chi connectivity index (χ2v) is 6.59. The molecule has 2 aliphatic rings. The molecule has 3 atom stereocenters. The molecular formula is C14H25NO3. The van der Waals surface area contributed by atoms with E-state index in [1.165, 1.54) is 12.8 Å². The number of amides is 1. The van der Waals surface area contributed by atoms with Gasteiger partial charge in [0.05, 0.1) is 0 Å².